The lowest BCUT2D eigenvalue weighted by atomic mass is 10.1. The fourth-order valence-corrected chi connectivity index (χ4v) is 3.70. The third kappa shape index (κ3) is 3.69. The summed E-state index contributed by atoms with van der Waals surface area (Å²) in [5.41, 5.74) is 7.02. The van der Waals surface area contributed by atoms with Crippen LogP contribution in [-0.4, -0.2) is 47.6 Å². The molecule has 0 atom stereocenters. The molecule has 0 radical (unpaired) electrons. The van der Waals surface area contributed by atoms with Crippen molar-refractivity contribution in [3.63, 3.8) is 0 Å². The molecule has 0 bridgehead atoms. The van der Waals surface area contributed by atoms with E-state index in [1.54, 1.807) is 12.0 Å². The molecule has 1 aliphatic rings. The number of rotatable bonds is 7. The van der Waals surface area contributed by atoms with E-state index in [0.717, 1.165) is 36.6 Å². The first-order valence-corrected chi connectivity index (χ1v) is 8.78. The van der Waals surface area contributed by atoms with Gasteiger partial charge in [-0.3, -0.25) is 9.59 Å². The molecule has 2 aromatic rings. The van der Waals surface area contributed by atoms with E-state index in [2.05, 4.69) is 0 Å². The number of carbonyl (C=O) groups excluding carboxylic acids is 2. The van der Waals surface area contributed by atoms with E-state index in [4.69, 9.17) is 10.5 Å². The van der Waals surface area contributed by atoms with E-state index in [9.17, 15) is 9.59 Å². The fourth-order valence-electron chi connectivity index (χ4n) is 3.70. The number of amides is 2. The van der Waals surface area contributed by atoms with E-state index in [1.165, 1.54) is 0 Å². The third-order valence-electron chi connectivity index (χ3n) is 4.91. The van der Waals surface area contributed by atoms with Crippen molar-refractivity contribution in [2.24, 2.45) is 5.73 Å². The maximum absolute atomic E-state index is 13.2. The highest BCUT2D eigenvalue weighted by Crippen LogP contribution is 2.28. The van der Waals surface area contributed by atoms with E-state index < -0.39 is 5.91 Å². The number of fused-ring (bicyclic) bond motifs is 1. The highest BCUT2D eigenvalue weighted by atomic mass is 16.5. The Kier molecular flexibility index (Phi) is 5.38. The Balaban J connectivity index is 1.97. The van der Waals surface area contributed by atoms with Crippen molar-refractivity contribution < 1.29 is 14.3 Å². The number of hydrogen-bond acceptors (Lipinski definition) is 3. The molecule has 25 heavy (non-hydrogen) atoms. The van der Waals surface area contributed by atoms with Gasteiger partial charge in [0.1, 0.15) is 0 Å². The lowest BCUT2D eigenvalue weighted by Crippen LogP contribution is -2.44. The third-order valence-corrected chi connectivity index (χ3v) is 4.91. The zero-order chi connectivity index (χ0) is 17.8. The van der Waals surface area contributed by atoms with Gasteiger partial charge in [0, 0.05) is 36.8 Å². The summed E-state index contributed by atoms with van der Waals surface area (Å²) >= 11 is 0. The van der Waals surface area contributed by atoms with Gasteiger partial charge < -0.3 is 19.9 Å². The summed E-state index contributed by atoms with van der Waals surface area (Å²) < 4.78 is 7.20. The van der Waals surface area contributed by atoms with E-state index in [1.807, 2.05) is 35.0 Å². The molecule has 3 rings (SSSR count). The fraction of sp³-hybridized carbons (Fsp3) is 0.474. The molecule has 0 unspecified atom stereocenters. The van der Waals surface area contributed by atoms with E-state index >= 15 is 0 Å². The van der Waals surface area contributed by atoms with Crippen molar-refractivity contribution in [1.29, 1.82) is 0 Å². The number of carbonyl (C=O) groups is 2. The summed E-state index contributed by atoms with van der Waals surface area (Å²) in [4.78, 5) is 26.4. The molecule has 6 heteroatoms. The van der Waals surface area contributed by atoms with Crippen molar-refractivity contribution in [2.75, 3.05) is 20.3 Å². The summed E-state index contributed by atoms with van der Waals surface area (Å²) in [6, 6.07) is 7.92. The molecule has 1 aliphatic carbocycles. The van der Waals surface area contributed by atoms with Gasteiger partial charge in [-0.05, 0) is 18.9 Å². The quantitative estimate of drug-likeness (QED) is 0.837. The highest BCUT2D eigenvalue weighted by Gasteiger charge is 2.30. The second-order valence-electron chi connectivity index (χ2n) is 6.58. The predicted octanol–water partition coefficient (Wildman–Crippen LogP) is 2.16. The van der Waals surface area contributed by atoms with Crippen LogP contribution in [0.15, 0.2) is 30.5 Å². The van der Waals surface area contributed by atoms with Gasteiger partial charge in [-0.1, -0.05) is 31.0 Å². The van der Waals surface area contributed by atoms with Crippen molar-refractivity contribution in [3.05, 3.63) is 36.0 Å². The van der Waals surface area contributed by atoms with E-state index in [-0.39, 0.29) is 18.5 Å². The van der Waals surface area contributed by atoms with Gasteiger partial charge in [0.2, 0.25) is 5.91 Å². The topological polar surface area (TPSA) is 77.6 Å². The summed E-state index contributed by atoms with van der Waals surface area (Å²) in [6.45, 7) is 1.21. The molecule has 2 N–H and O–H groups in total. The van der Waals surface area contributed by atoms with Gasteiger partial charge in [-0.2, -0.15) is 0 Å². The van der Waals surface area contributed by atoms with Gasteiger partial charge in [-0.25, -0.2) is 0 Å². The van der Waals surface area contributed by atoms with Crippen LogP contribution in [0.5, 0.6) is 0 Å². The number of nitrogens with zero attached hydrogens (tertiary/aromatic N) is 2. The monoisotopic (exact) mass is 343 g/mol. The minimum atomic E-state index is -0.469. The zero-order valence-corrected chi connectivity index (χ0v) is 14.6. The smallest absolute Gasteiger partial charge is 0.256 e. The molecule has 0 aliphatic heterocycles. The number of primary amides is 1. The van der Waals surface area contributed by atoms with Gasteiger partial charge >= 0.3 is 0 Å². The first-order chi connectivity index (χ1) is 12.1. The lowest BCUT2D eigenvalue weighted by molar-refractivity contribution is -0.119. The molecular formula is C19H25N3O3. The zero-order valence-electron chi connectivity index (χ0n) is 14.6. The molecule has 6 nitrogen and oxygen atoms in total. The normalized spacial score (nSPS) is 14.9. The Morgan fingerprint density at radius 2 is 2.00 bits per heavy atom. The van der Waals surface area contributed by atoms with Crippen LogP contribution in [0.3, 0.4) is 0 Å². The van der Waals surface area contributed by atoms with Gasteiger partial charge in [0.25, 0.3) is 5.91 Å². The standard InChI is InChI=1S/C19H25N3O3/c1-25-11-10-21-12-16(15-8-4-5-9-17(15)21)19(24)22(13-18(20)23)14-6-2-3-7-14/h4-5,8-9,12,14H,2-3,6-7,10-11,13H2,1H3,(H2,20,23). The van der Waals surface area contributed by atoms with Gasteiger partial charge in [-0.15, -0.1) is 0 Å². The molecule has 0 saturated heterocycles. The highest BCUT2D eigenvalue weighted by molar-refractivity contribution is 6.07. The molecule has 1 saturated carbocycles. The molecule has 0 spiro atoms. The van der Waals surface area contributed by atoms with Crippen molar-refractivity contribution >= 4 is 22.7 Å². The summed E-state index contributed by atoms with van der Waals surface area (Å²) in [7, 11) is 1.66. The number of ether oxygens (including phenoxy) is 1. The van der Waals surface area contributed by atoms with Crippen LogP contribution in [0.4, 0.5) is 0 Å². The predicted molar refractivity (Wildman–Crippen MR) is 96.3 cm³/mol. The number of para-hydroxylation sites is 1. The van der Waals surface area contributed by atoms with Crippen LogP contribution in [-0.2, 0) is 16.1 Å². The summed E-state index contributed by atoms with van der Waals surface area (Å²) in [5.74, 6) is -0.582. The van der Waals surface area contributed by atoms with Crippen LogP contribution in [0.1, 0.15) is 36.0 Å². The molecule has 1 heterocycles. The lowest BCUT2D eigenvalue weighted by Gasteiger charge is -2.27. The molecule has 1 fully saturated rings. The van der Waals surface area contributed by atoms with Crippen LogP contribution in [0.25, 0.3) is 10.9 Å². The van der Waals surface area contributed by atoms with Crippen LogP contribution in [0.2, 0.25) is 0 Å². The van der Waals surface area contributed by atoms with Crippen molar-refractivity contribution in [2.45, 2.75) is 38.3 Å². The van der Waals surface area contributed by atoms with Crippen LogP contribution < -0.4 is 5.73 Å². The van der Waals surface area contributed by atoms with Crippen LogP contribution in [0, 0.1) is 0 Å². The second-order valence-corrected chi connectivity index (χ2v) is 6.58. The number of methoxy groups -OCH3 is 1. The molecule has 1 aromatic carbocycles. The number of benzene rings is 1. The Hall–Kier alpha value is -2.34. The average Bonchev–Trinajstić information content (AvgIpc) is 3.25. The number of hydrogen-bond donors (Lipinski definition) is 1. The van der Waals surface area contributed by atoms with Crippen LogP contribution >= 0.6 is 0 Å². The Labute approximate surface area is 147 Å². The summed E-state index contributed by atoms with van der Waals surface area (Å²) in [5, 5.41) is 0.899. The molecule has 134 valence electrons. The number of aromatic nitrogens is 1. The average molecular weight is 343 g/mol. The summed E-state index contributed by atoms with van der Waals surface area (Å²) in [6.07, 6.45) is 5.91. The maximum Gasteiger partial charge on any atom is 0.256 e. The van der Waals surface area contributed by atoms with Crippen molar-refractivity contribution in [3.8, 4) is 0 Å². The first-order valence-electron chi connectivity index (χ1n) is 8.78. The largest absolute Gasteiger partial charge is 0.383 e. The Morgan fingerprint density at radius 1 is 1.28 bits per heavy atom. The maximum atomic E-state index is 13.2. The SMILES string of the molecule is COCCn1cc(C(=O)N(CC(N)=O)C2CCCC2)c2ccccc21. The Bertz CT molecular complexity index is 762. The van der Waals surface area contributed by atoms with Gasteiger partial charge in [0.15, 0.2) is 0 Å². The van der Waals surface area contributed by atoms with Crippen molar-refractivity contribution in [1.82, 2.24) is 9.47 Å². The molecule has 1 aromatic heterocycles. The first kappa shape index (κ1) is 17.5. The van der Waals surface area contributed by atoms with Gasteiger partial charge in [0.05, 0.1) is 18.7 Å². The second kappa shape index (κ2) is 7.70. The molecule has 2 amide bonds. The Morgan fingerprint density at radius 3 is 2.68 bits per heavy atom. The minimum absolute atomic E-state index is 0.0267. The minimum Gasteiger partial charge on any atom is -0.383 e. The van der Waals surface area contributed by atoms with E-state index in [0.29, 0.717) is 18.7 Å². The number of nitrogens with two attached hydrogens (primary N) is 1. The molecular weight excluding hydrogens is 318 g/mol.